The van der Waals surface area contributed by atoms with Crippen LogP contribution in [0.1, 0.15) is 12.7 Å². The summed E-state index contributed by atoms with van der Waals surface area (Å²) in [5.74, 6) is 0.621. The molecule has 0 saturated heterocycles. The van der Waals surface area contributed by atoms with Crippen molar-refractivity contribution in [1.82, 2.24) is 25.9 Å². The molecule has 0 fully saturated rings. The van der Waals surface area contributed by atoms with Crippen LogP contribution in [0.15, 0.2) is 0 Å². The third-order valence-corrected chi connectivity index (χ3v) is 2.66. The van der Waals surface area contributed by atoms with Crippen molar-refractivity contribution in [3.05, 3.63) is 5.82 Å². The van der Waals surface area contributed by atoms with Crippen LogP contribution in [0, 0.1) is 0 Å². The highest BCUT2D eigenvalue weighted by atomic mass is 32.2. The van der Waals surface area contributed by atoms with E-state index in [9.17, 15) is 8.42 Å². The number of hydrogen-bond acceptors (Lipinski definition) is 6. The number of tetrazole rings is 1. The second-order valence-electron chi connectivity index (χ2n) is 3.20. The van der Waals surface area contributed by atoms with E-state index in [2.05, 4.69) is 25.9 Å². The molecule has 1 heterocycles. The fourth-order valence-electron chi connectivity index (χ4n) is 1.04. The number of aromatic amines is 1. The van der Waals surface area contributed by atoms with Gasteiger partial charge in [-0.3, -0.25) is 0 Å². The molecule has 0 radical (unpaired) electrons. The molecule has 0 saturated carbocycles. The summed E-state index contributed by atoms with van der Waals surface area (Å²) >= 11 is 0. The van der Waals surface area contributed by atoms with Crippen LogP contribution in [-0.2, 0) is 16.4 Å². The Morgan fingerprint density at radius 2 is 2.29 bits per heavy atom. The Morgan fingerprint density at radius 1 is 1.57 bits per heavy atom. The van der Waals surface area contributed by atoms with E-state index >= 15 is 0 Å². The van der Waals surface area contributed by atoms with Gasteiger partial charge in [-0.2, -0.15) is 5.21 Å². The van der Waals surface area contributed by atoms with Crippen LogP contribution in [0.4, 0.5) is 0 Å². The fourth-order valence-corrected chi connectivity index (χ4v) is 2.06. The maximum absolute atomic E-state index is 10.9. The Labute approximate surface area is 82.2 Å². The summed E-state index contributed by atoms with van der Waals surface area (Å²) in [5, 5.41) is 16.1. The smallest absolute Gasteiger partial charge is 0.188 e. The van der Waals surface area contributed by atoms with Gasteiger partial charge >= 0.3 is 0 Å². The van der Waals surface area contributed by atoms with Gasteiger partial charge in [0.2, 0.25) is 0 Å². The number of sulfone groups is 1. The zero-order chi connectivity index (χ0) is 10.6. The van der Waals surface area contributed by atoms with E-state index in [4.69, 9.17) is 0 Å². The van der Waals surface area contributed by atoms with E-state index in [1.54, 1.807) is 6.92 Å². The van der Waals surface area contributed by atoms with Gasteiger partial charge in [-0.25, -0.2) is 8.42 Å². The highest BCUT2D eigenvalue weighted by Gasteiger charge is 2.10. The van der Waals surface area contributed by atoms with Crippen molar-refractivity contribution in [3.63, 3.8) is 0 Å². The van der Waals surface area contributed by atoms with E-state index in [1.807, 2.05) is 0 Å². The second-order valence-corrected chi connectivity index (χ2v) is 5.39. The highest BCUT2D eigenvalue weighted by Crippen LogP contribution is 1.91. The Hall–Kier alpha value is -1.02. The van der Waals surface area contributed by atoms with Gasteiger partial charge in [-0.1, -0.05) is 5.21 Å². The SMILES string of the molecule is CC(CS(C)(=O)=O)NCc1nn[nH]n1. The molecule has 0 bridgehead atoms. The number of rotatable bonds is 5. The van der Waals surface area contributed by atoms with Gasteiger partial charge in [0.05, 0.1) is 12.3 Å². The molecular weight excluding hydrogens is 206 g/mol. The third kappa shape index (κ3) is 4.28. The van der Waals surface area contributed by atoms with Gasteiger partial charge < -0.3 is 5.32 Å². The van der Waals surface area contributed by atoms with Crippen molar-refractivity contribution in [2.45, 2.75) is 19.5 Å². The quantitative estimate of drug-likeness (QED) is 0.640. The molecule has 0 spiro atoms. The molecule has 80 valence electrons. The standard InChI is InChI=1S/C6H13N5O2S/c1-5(4-14(2,12)13)7-3-6-8-10-11-9-6/h5,7H,3-4H2,1-2H3,(H,8,9,10,11). The molecule has 0 aliphatic carbocycles. The lowest BCUT2D eigenvalue weighted by atomic mass is 10.4. The highest BCUT2D eigenvalue weighted by molar-refractivity contribution is 7.90. The predicted octanol–water partition coefficient (Wildman–Crippen LogP) is -1.28. The van der Waals surface area contributed by atoms with Crippen molar-refractivity contribution in [3.8, 4) is 0 Å². The number of H-pyrrole nitrogens is 1. The lowest BCUT2D eigenvalue weighted by Crippen LogP contribution is -2.32. The average Bonchev–Trinajstić information content (AvgIpc) is 2.49. The van der Waals surface area contributed by atoms with Gasteiger partial charge in [0.25, 0.3) is 0 Å². The van der Waals surface area contributed by atoms with E-state index < -0.39 is 9.84 Å². The van der Waals surface area contributed by atoms with Crippen LogP contribution in [0.3, 0.4) is 0 Å². The summed E-state index contributed by atoms with van der Waals surface area (Å²) in [6.07, 6.45) is 1.21. The lowest BCUT2D eigenvalue weighted by molar-refractivity contribution is 0.551. The summed E-state index contributed by atoms with van der Waals surface area (Å²) < 4.78 is 21.8. The molecule has 0 aromatic carbocycles. The first-order valence-electron chi connectivity index (χ1n) is 4.11. The maximum Gasteiger partial charge on any atom is 0.188 e. The number of nitrogens with zero attached hydrogens (tertiary/aromatic N) is 3. The van der Waals surface area contributed by atoms with E-state index in [0.29, 0.717) is 12.4 Å². The molecule has 2 N–H and O–H groups in total. The Kier molecular flexibility index (Phi) is 3.53. The van der Waals surface area contributed by atoms with Crippen LogP contribution in [0.5, 0.6) is 0 Å². The Morgan fingerprint density at radius 3 is 2.79 bits per heavy atom. The summed E-state index contributed by atoms with van der Waals surface area (Å²) in [5.41, 5.74) is 0. The first-order chi connectivity index (χ1) is 6.47. The summed E-state index contributed by atoms with van der Waals surface area (Å²) in [7, 11) is -2.94. The van der Waals surface area contributed by atoms with Crippen LogP contribution in [0.2, 0.25) is 0 Å². The molecule has 1 aromatic rings. The van der Waals surface area contributed by atoms with Crippen molar-refractivity contribution < 1.29 is 8.42 Å². The van der Waals surface area contributed by atoms with Crippen LogP contribution >= 0.6 is 0 Å². The van der Waals surface area contributed by atoms with Crippen LogP contribution in [-0.4, -0.2) is 47.1 Å². The number of aromatic nitrogens is 4. The molecule has 8 heteroatoms. The van der Waals surface area contributed by atoms with Crippen molar-refractivity contribution in [2.24, 2.45) is 0 Å². The molecular formula is C6H13N5O2S. The molecule has 0 aliphatic rings. The summed E-state index contributed by atoms with van der Waals surface area (Å²) in [6.45, 7) is 2.20. The third-order valence-electron chi connectivity index (χ3n) is 1.55. The largest absolute Gasteiger partial charge is 0.306 e. The van der Waals surface area contributed by atoms with E-state index in [0.717, 1.165) is 0 Å². The summed E-state index contributed by atoms with van der Waals surface area (Å²) in [6, 6.07) is -0.122. The van der Waals surface area contributed by atoms with Crippen LogP contribution in [0.25, 0.3) is 0 Å². The number of hydrogen-bond donors (Lipinski definition) is 2. The van der Waals surface area contributed by atoms with Gasteiger partial charge in [-0.15, -0.1) is 10.2 Å². The maximum atomic E-state index is 10.9. The first kappa shape index (κ1) is 11.1. The first-order valence-corrected chi connectivity index (χ1v) is 6.17. The molecule has 1 rings (SSSR count). The second kappa shape index (κ2) is 4.47. The fraction of sp³-hybridized carbons (Fsp3) is 0.833. The van der Waals surface area contributed by atoms with E-state index in [1.165, 1.54) is 6.26 Å². The van der Waals surface area contributed by atoms with Gasteiger partial charge in [-0.05, 0) is 6.92 Å². The molecule has 1 unspecified atom stereocenters. The normalized spacial score (nSPS) is 14.1. The molecule has 0 amide bonds. The van der Waals surface area contributed by atoms with Gasteiger partial charge in [0.15, 0.2) is 5.82 Å². The number of nitrogens with one attached hydrogen (secondary N) is 2. The van der Waals surface area contributed by atoms with Gasteiger partial charge in [0, 0.05) is 12.3 Å². The van der Waals surface area contributed by atoms with E-state index in [-0.39, 0.29) is 11.8 Å². The summed E-state index contributed by atoms with van der Waals surface area (Å²) in [4.78, 5) is 0. The monoisotopic (exact) mass is 219 g/mol. The molecule has 1 atom stereocenters. The minimum Gasteiger partial charge on any atom is -0.306 e. The zero-order valence-electron chi connectivity index (χ0n) is 8.06. The minimum atomic E-state index is -2.94. The van der Waals surface area contributed by atoms with Gasteiger partial charge in [0.1, 0.15) is 9.84 Å². The lowest BCUT2D eigenvalue weighted by Gasteiger charge is -2.10. The zero-order valence-corrected chi connectivity index (χ0v) is 8.87. The topological polar surface area (TPSA) is 101 Å². The van der Waals surface area contributed by atoms with Crippen molar-refractivity contribution in [1.29, 1.82) is 0 Å². The molecule has 0 aliphatic heterocycles. The van der Waals surface area contributed by atoms with Crippen molar-refractivity contribution >= 4 is 9.84 Å². The Bertz CT molecular complexity index is 360. The van der Waals surface area contributed by atoms with Crippen molar-refractivity contribution in [2.75, 3.05) is 12.0 Å². The molecule has 1 aromatic heterocycles. The Balaban J connectivity index is 2.32. The minimum absolute atomic E-state index is 0.102. The van der Waals surface area contributed by atoms with Crippen LogP contribution < -0.4 is 5.32 Å². The average molecular weight is 219 g/mol. The predicted molar refractivity (Wildman–Crippen MR) is 50.2 cm³/mol. The molecule has 7 nitrogen and oxygen atoms in total. The molecule has 14 heavy (non-hydrogen) atoms.